The van der Waals surface area contributed by atoms with E-state index < -0.39 is 0 Å². The van der Waals surface area contributed by atoms with Gasteiger partial charge in [-0.05, 0) is 70.5 Å². The van der Waals surface area contributed by atoms with Gasteiger partial charge in [0.15, 0.2) is 0 Å². The number of rotatable bonds is 2. The highest BCUT2D eigenvalue weighted by molar-refractivity contribution is 5.95. The lowest BCUT2D eigenvalue weighted by Gasteiger charge is -2.47. The Morgan fingerprint density at radius 3 is 2.32 bits per heavy atom. The van der Waals surface area contributed by atoms with Gasteiger partial charge in [-0.3, -0.25) is 4.79 Å². The van der Waals surface area contributed by atoms with Crippen LogP contribution in [0.4, 0.5) is 0 Å². The minimum Gasteiger partial charge on any atom is -0.367 e. The first-order chi connectivity index (χ1) is 10.5. The monoisotopic (exact) mass is 303 g/mol. The first kappa shape index (κ1) is 15.6. The van der Waals surface area contributed by atoms with Gasteiger partial charge in [0.05, 0.1) is 5.56 Å². The van der Waals surface area contributed by atoms with Crippen molar-refractivity contribution in [2.75, 3.05) is 27.2 Å². The van der Waals surface area contributed by atoms with Crippen molar-refractivity contribution in [3.63, 3.8) is 0 Å². The molecule has 1 aromatic rings. The number of aromatic amines is 1. The molecular weight excluding hydrogens is 274 g/mol. The number of H-pyrrole nitrogens is 1. The number of carbonyl (C=O) groups excluding carboxylic acids is 1. The van der Waals surface area contributed by atoms with Gasteiger partial charge < -0.3 is 14.8 Å². The van der Waals surface area contributed by atoms with Crippen molar-refractivity contribution >= 4 is 5.91 Å². The predicted octanol–water partition coefficient (Wildman–Crippen LogP) is 3.05. The number of nitrogens with zero attached hydrogens (tertiary/aromatic N) is 2. The highest BCUT2D eigenvalue weighted by Gasteiger charge is 2.39. The molecule has 0 atom stereocenters. The number of likely N-dealkylation sites (tertiary alicyclic amines) is 1. The van der Waals surface area contributed by atoms with Gasteiger partial charge >= 0.3 is 0 Å². The first-order valence-corrected chi connectivity index (χ1v) is 8.60. The molecule has 1 amide bonds. The van der Waals surface area contributed by atoms with Crippen molar-refractivity contribution in [3.05, 3.63) is 23.5 Å². The van der Waals surface area contributed by atoms with Crippen LogP contribution in [-0.2, 0) is 0 Å². The summed E-state index contributed by atoms with van der Waals surface area (Å²) in [6, 6.07) is 0.757. The Balaban J connectivity index is 1.57. The van der Waals surface area contributed by atoms with E-state index >= 15 is 0 Å². The van der Waals surface area contributed by atoms with Crippen LogP contribution in [0.2, 0.25) is 0 Å². The topological polar surface area (TPSA) is 39.3 Å². The summed E-state index contributed by atoms with van der Waals surface area (Å²) in [5.41, 5.74) is 2.40. The largest absolute Gasteiger partial charge is 0.367 e. The lowest BCUT2D eigenvalue weighted by Crippen LogP contribution is -2.46. The first-order valence-electron chi connectivity index (χ1n) is 8.60. The number of hydrogen-bond donors (Lipinski definition) is 1. The van der Waals surface area contributed by atoms with Gasteiger partial charge in [-0.1, -0.05) is 0 Å². The van der Waals surface area contributed by atoms with E-state index in [2.05, 4.69) is 28.9 Å². The summed E-state index contributed by atoms with van der Waals surface area (Å²) in [6.07, 6.45) is 11.4. The van der Waals surface area contributed by atoms with Gasteiger partial charge in [0.1, 0.15) is 0 Å². The molecule has 22 heavy (non-hydrogen) atoms. The summed E-state index contributed by atoms with van der Waals surface area (Å²) < 4.78 is 0. The third-order valence-electron chi connectivity index (χ3n) is 6.04. The van der Waals surface area contributed by atoms with Crippen LogP contribution in [0, 0.1) is 12.3 Å². The summed E-state index contributed by atoms with van der Waals surface area (Å²) in [5, 5.41) is 0. The molecule has 0 aromatic carbocycles. The van der Waals surface area contributed by atoms with Crippen molar-refractivity contribution in [1.82, 2.24) is 14.8 Å². The maximum absolute atomic E-state index is 12.6. The fourth-order valence-electron chi connectivity index (χ4n) is 4.26. The highest BCUT2D eigenvalue weighted by atomic mass is 16.2. The fourth-order valence-corrected chi connectivity index (χ4v) is 4.26. The van der Waals surface area contributed by atoms with Crippen molar-refractivity contribution in [2.45, 2.75) is 51.5 Å². The van der Waals surface area contributed by atoms with Gasteiger partial charge in [0.2, 0.25) is 0 Å². The molecule has 0 bridgehead atoms. The molecular formula is C18H29N3O. The molecule has 3 rings (SSSR count). The number of amides is 1. The van der Waals surface area contributed by atoms with E-state index in [1.54, 1.807) is 0 Å². The molecule has 1 N–H and O–H groups in total. The SMILES string of the molecule is Cc1c[nH]cc1C(=O)N1CCC2(CCC(N(C)C)CC2)CC1. The quantitative estimate of drug-likeness (QED) is 0.912. The molecule has 4 heteroatoms. The van der Waals surface area contributed by atoms with E-state index in [9.17, 15) is 4.79 Å². The zero-order valence-corrected chi connectivity index (χ0v) is 14.2. The van der Waals surface area contributed by atoms with Crippen LogP contribution in [0.15, 0.2) is 12.4 Å². The molecule has 1 aliphatic heterocycles. The van der Waals surface area contributed by atoms with Crippen molar-refractivity contribution in [3.8, 4) is 0 Å². The van der Waals surface area contributed by atoms with Crippen LogP contribution in [0.3, 0.4) is 0 Å². The summed E-state index contributed by atoms with van der Waals surface area (Å²) in [4.78, 5) is 20.1. The normalized spacial score (nSPS) is 22.5. The second-order valence-corrected chi connectivity index (χ2v) is 7.54. The summed E-state index contributed by atoms with van der Waals surface area (Å²) >= 11 is 0. The van der Waals surface area contributed by atoms with Crippen LogP contribution in [0.5, 0.6) is 0 Å². The van der Waals surface area contributed by atoms with Crippen LogP contribution in [0.25, 0.3) is 0 Å². The van der Waals surface area contributed by atoms with E-state index in [1.165, 1.54) is 38.5 Å². The molecule has 1 spiro atoms. The van der Waals surface area contributed by atoms with E-state index in [-0.39, 0.29) is 5.91 Å². The Hall–Kier alpha value is -1.29. The molecule has 1 aromatic heterocycles. The van der Waals surface area contributed by atoms with Gasteiger partial charge in [-0.2, -0.15) is 0 Å². The second-order valence-electron chi connectivity index (χ2n) is 7.54. The molecule has 122 valence electrons. The van der Waals surface area contributed by atoms with Crippen LogP contribution >= 0.6 is 0 Å². The van der Waals surface area contributed by atoms with E-state index in [1.807, 2.05) is 19.3 Å². The Morgan fingerprint density at radius 1 is 1.18 bits per heavy atom. The Kier molecular flexibility index (Phi) is 4.31. The van der Waals surface area contributed by atoms with E-state index in [0.717, 1.165) is 30.3 Å². The standard InChI is InChI=1S/C18H29N3O/c1-14-12-19-13-16(14)17(22)21-10-8-18(9-11-21)6-4-15(5-7-18)20(2)3/h12-13,15,19H,4-11H2,1-3H3. The lowest BCUT2D eigenvalue weighted by molar-refractivity contribution is 0.0355. The number of nitrogens with one attached hydrogen (secondary N) is 1. The van der Waals surface area contributed by atoms with Crippen LogP contribution < -0.4 is 0 Å². The number of aryl methyl sites for hydroxylation is 1. The zero-order chi connectivity index (χ0) is 15.7. The number of aromatic nitrogens is 1. The van der Waals surface area contributed by atoms with E-state index in [0.29, 0.717) is 5.41 Å². The van der Waals surface area contributed by atoms with Crippen LogP contribution in [-0.4, -0.2) is 53.9 Å². The fraction of sp³-hybridized carbons (Fsp3) is 0.722. The number of piperidine rings is 1. The minimum absolute atomic E-state index is 0.204. The van der Waals surface area contributed by atoms with Gasteiger partial charge in [-0.25, -0.2) is 0 Å². The van der Waals surface area contributed by atoms with Gasteiger partial charge in [0, 0.05) is 31.5 Å². The minimum atomic E-state index is 0.204. The summed E-state index contributed by atoms with van der Waals surface area (Å²) in [7, 11) is 4.40. The van der Waals surface area contributed by atoms with Crippen molar-refractivity contribution in [2.24, 2.45) is 5.41 Å². The Morgan fingerprint density at radius 2 is 1.82 bits per heavy atom. The molecule has 2 aliphatic rings. The third kappa shape index (κ3) is 2.94. The molecule has 1 saturated heterocycles. The Labute approximate surface area is 133 Å². The molecule has 2 fully saturated rings. The maximum atomic E-state index is 12.6. The smallest absolute Gasteiger partial charge is 0.255 e. The third-order valence-corrected chi connectivity index (χ3v) is 6.04. The van der Waals surface area contributed by atoms with Gasteiger partial charge in [0.25, 0.3) is 5.91 Å². The number of hydrogen-bond acceptors (Lipinski definition) is 2. The predicted molar refractivity (Wildman–Crippen MR) is 89.0 cm³/mol. The molecule has 1 aliphatic carbocycles. The molecule has 2 heterocycles. The van der Waals surface area contributed by atoms with Crippen molar-refractivity contribution < 1.29 is 4.79 Å². The number of carbonyl (C=O) groups is 1. The lowest BCUT2D eigenvalue weighted by atomic mass is 9.67. The molecule has 0 unspecified atom stereocenters. The average Bonchev–Trinajstić information content (AvgIpc) is 2.94. The van der Waals surface area contributed by atoms with Crippen LogP contribution in [0.1, 0.15) is 54.4 Å². The highest BCUT2D eigenvalue weighted by Crippen LogP contribution is 2.45. The summed E-state index contributed by atoms with van der Waals surface area (Å²) in [5.74, 6) is 0.204. The molecule has 4 nitrogen and oxygen atoms in total. The second kappa shape index (κ2) is 6.07. The van der Waals surface area contributed by atoms with E-state index in [4.69, 9.17) is 0 Å². The molecule has 1 saturated carbocycles. The van der Waals surface area contributed by atoms with Crippen molar-refractivity contribution in [1.29, 1.82) is 0 Å². The molecule has 0 radical (unpaired) electrons. The Bertz CT molecular complexity index is 516. The average molecular weight is 303 g/mol. The van der Waals surface area contributed by atoms with Gasteiger partial charge in [-0.15, -0.1) is 0 Å². The maximum Gasteiger partial charge on any atom is 0.255 e. The zero-order valence-electron chi connectivity index (χ0n) is 14.2. The summed E-state index contributed by atoms with van der Waals surface area (Å²) in [6.45, 7) is 3.85.